The van der Waals surface area contributed by atoms with Crippen molar-refractivity contribution in [1.29, 1.82) is 0 Å². The Balaban J connectivity index is 1.61. The standard InChI is InChI=1S/C25H25FN6O/c1-16(2)23-21(24(33)28-13-10-18-8-11-27-12-9-18)15-30-32(23)25-29-14-17(3)22(31-25)19-4-6-20(26)7-5-19/h4-9,11-12,14-16H,10,13H2,1-3H3,(H,28,33). The van der Waals surface area contributed by atoms with Crippen LogP contribution in [0.4, 0.5) is 4.39 Å². The normalized spacial score (nSPS) is 11.1. The molecule has 8 heteroatoms. The number of carbonyl (C=O) groups is 1. The van der Waals surface area contributed by atoms with Gasteiger partial charge in [-0.3, -0.25) is 9.78 Å². The highest BCUT2D eigenvalue weighted by Crippen LogP contribution is 2.25. The van der Waals surface area contributed by atoms with E-state index in [1.165, 1.54) is 12.1 Å². The van der Waals surface area contributed by atoms with Gasteiger partial charge in [0.15, 0.2) is 0 Å². The van der Waals surface area contributed by atoms with Crippen LogP contribution in [0, 0.1) is 12.7 Å². The molecule has 1 aromatic carbocycles. The van der Waals surface area contributed by atoms with E-state index >= 15 is 0 Å². The van der Waals surface area contributed by atoms with Crippen LogP contribution < -0.4 is 5.32 Å². The molecule has 168 valence electrons. The first-order chi connectivity index (χ1) is 15.9. The van der Waals surface area contributed by atoms with Crippen LogP contribution in [0.25, 0.3) is 17.2 Å². The van der Waals surface area contributed by atoms with Gasteiger partial charge in [-0.15, -0.1) is 0 Å². The number of hydrogen-bond donors (Lipinski definition) is 1. The molecule has 0 atom stereocenters. The number of amides is 1. The Hall–Kier alpha value is -3.94. The minimum atomic E-state index is -0.306. The molecule has 4 rings (SSSR count). The zero-order valence-corrected chi connectivity index (χ0v) is 18.8. The van der Waals surface area contributed by atoms with Crippen LogP contribution in [-0.2, 0) is 6.42 Å². The number of pyridine rings is 1. The predicted molar refractivity (Wildman–Crippen MR) is 124 cm³/mol. The number of carbonyl (C=O) groups excluding carboxylic acids is 1. The van der Waals surface area contributed by atoms with Crippen molar-refractivity contribution < 1.29 is 9.18 Å². The molecule has 0 saturated carbocycles. The second-order valence-electron chi connectivity index (χ2n) is 8.08. The van der Waals surface area contributed by atoms with E-state index in [1.807, 2.05) is 32.9 Å². The molecule has 7 nitrogen and oxygen atoms in total. The SMILES string of the molecule is Cc1cnc(-n2ncc(C(=O)NCCc3ccncc3)c2C(C)C)nc1-c1ccc(F)cc1. The van der Waals surface area contributed by atoms with Gasteiger partial charge in [-0.1, -0.05) is 13.8 Å². The number of nitrogens with one attached hydrogen (secondary N) is 1. The lowest BCUT2D eigenvalue weighted by Crippen LogP contribution is -2.27. The van der Waals surface area contributed by atoms with Crippen LogP contribution in [-0.4, -0.2) is 37.2 Å². The van der Waals surface area contributed by atoms with Crippen LogP contribution in [0.3, 0.4) is 0 Å². The maximum Gasteiger partial charge on any atom is 0.254 e. The highest BCUT2D eigenvalue weighted by molar-refractivity contribution is 5.95. The largest absolute Gasteiger partial charge is 0.352 e. The lowest BCUT2D eigenvalue weighted by atomic mass is 10.1. The van der Waals surface area contributed by atoms with Gasteiger partial charge in [0, 0.05) is 30.7 Å². The van der Waals surface area contributed by atoms with E-state index in [4.69, 9.17) is 0 Å². The fourth-order valence-electron chi connectivity index (χ4n) is 3.65. The summed E-state index contributed by atoms with van der Waals surface area (Å²) >= 11 is 0. The topological polar surface area (TPSA) is 85.6 Å². The number of aromatic nitrogens is 5. The third kappa shape index (κ3) is 4.95. The summed E-state index contributed by atoms with van der Waals surface area (Å²) in [6, 6.07) is 10.0. The Morgan fingerprint density at radius 3 is 2.52 bits per heavy atom. The number of nitrogens with zero attached hydrogens (tertiary/aromatic N) is 5. The Morgan fingerprint density at radius 2 is 1.82 bits per heavy atom. The first-order valence-electron chi connectivity index (χ1n) is 10.8. The van der Waals surface area contributed by atoms with Crippen molar-refractivity contribution in [1.82, 2.24) is 30.0 Å². The molecule has 33 heavy (non-hydrogen) atoms. The third-order valence-electron chi connectivity index (χ3n) is 5.31. The van der Waals surface area contributed by atoms with Crippen LogP contribution in [0.15, 0.2) is 61.2 Å². The Labute approximate surface area is 191 Å². The molecule has 0 bridgehead atoms. The number of halogens is 1. The molecule has 0 radical (unpaired) electrons. The van der Waals surface area contributed by atoms with Gasteiger partial charge in [0.1, 0.15) is 5.82 Å². The van der Waals surface area contributed by atoms with Crippen LogP contribution in [0.1, 0.15) is 46.9 Å². The molecule has 3 heterocycles. The van der Waals surface area contributed by atoms with Gasteiger partial charge >= 0.3 is 0 Å². The van der Waals surface area contributed by atoms with Gasteiger partial charge in [-0.05, 0) is 66.8 Å². The Morgan fingerprint density at radius 1 is 1.09 bits per heavy atom. The van der Waals surface area contributed by atoms with Crippen molar-refractivity contribution in [3.63, 3.8) is 0 Å². The van der Waals surface area contributed by atoms with Gasteiger partial charge in [0.25, 0.3) is 11.9 Å². The highest BCUT2D eigenvalue weighted by Gasteiger charge is 2.22. The molecule has 1 N–H and O–H groups in total. The van der Waals surface area contributed by atoms with E-state index in [0.29, 0.717) is 30.2 Å². The van der Waals surface area contributed by atoms with Crippen molar-refractivity contribution in [2.75, 3.05) is 6.54 Å². The van der Waals surface area contributed by atoms with E-state index in [9.17, 15) is 9.18 Å². The number of hydrogen-bond acceptors (Lipinski definition) is 5. The third-order valence-corrected chi connectivity index (χ3v) is 5.31. The zero-order valence-electron chi connectivity index (χ0n) is 18.8. The summed E-state index contributed by atoms with van der Waals surface area (Å²) in [5.74, 6) is -0.128. The van der Waals surface area contributed by atoms with Crippen molar-refractivity contribution in [3.05, 3.63) is 89.4 Å². The molecular weight excluding hydrogens is 419 g/mol. The average Bonchev–Trinajstić information content (AvgIpc) is 3.26. The quantitative estimate of drug-likeness (QED) is 0.460. The Kier molecular flexibility index (Phi) is 6.53. The predicted octanol–water partition coefficient (Wildman–Crippen LogP) is 4.27. The minimum absolute atomic E-state index is 0.00706. The average molecular weight is 445 g/mol. The van der Waals surface area contributed by atoms with E-state index < -0.39 is 0 Å². The fourth-order valence-corrected chi connectivity index (χ4v) is 3.65. The van der Waals surface area contributed by atoms with Gasteiger partial charge in [0.05, 0.1) is 23.1 Å². The summed E-state index contributed by atoms with van der Waals surface area (Å²) in [7, 11) is 0. The van der Waals surface area contributed by atoms with Crippen LogP contribution >= 0.6 is 0 Å². The molecular formula is C25H25FN6O. The van der Waals surface area contributed by atoms with E-state index in [2.05, 4.69) is 25.4 Å². The summed E-state index contributed by atoms with van der Waals surface area (Å²) in [6.07, 6.45) is 7.44. The number of benzene rings is 1. The van der Waals surface area contributed by atoms with Crippen molar-refractivity contribution >= 4 is 5.91 Å². The van der Waals surface area contributed by atoms with Crippen LogP contribution in [0.2, 0.25) is 0 Å². The summed E-state index contributed by atoms with van der Waals surface area (Å²) in [5.41, 5.74) is 4.65. The first-order valence-corrected chi connectivity index (χ1v) is 10.8. The van der Waals surface area contributed by atoms with E-state index in [1.54, 1.807) is 41.6 Å². The van der Waals surface area contributed by atoms with Gasteiger partial charge in [-0.2, -0.15) is 5.10 Å². The maximum absolute atomic E-state index is 13.4. The smallest absolute Gasteiger partial charge is 0.254 e. The van der Waals surface area contributed by atoms with Gasteiger partial charge in [0.2, 0.25) is 0 Å². The molecule has 0 aliphatic carbocycles. The molecule has 4 aromatic rings. The highest BCUT2D eigenvalue weighted by atomic mass is 19.1. The summed E-state index contributed by atoms with van der Waals surface area (Å²) < 4.78 is 15.0. The van der Waals surface area contributed by atoms with Gasteiger partial charge in [-0.25, -0.2) is 19.0 Å². The zero-order chi connectivity index (χ0) is 23.4. The second-order valence-corrected chi connectivity index (χ2v) is 8.08. The van der Waals surface area contributed by atoms with Gasteiger partial charge < -0.3 is 5.32 Å². The summed E-state index contributed by atoms with van der Waals surface area (Å²) in [5, 5.41) is 7.41. The van der Waals surface area contributed by atoms with Crippen molar-refractivity contribution in [3.8, 4) is 17.2 Å². The number of rotatable bonds is 7. The molecule has 3 aromatic heterocycles. The summed E-state index contributed by atoms with van der Waals surface area (Å²) in [6.45, 7) is 6.39. The van der Waals surface area contributed by atoms with E-state index in [0.717, 1.165) is 22.4 Å². The minimum Gasteiger partial charge on any atom is -0.352 e. The molecule has 0 aliphatic heterocycles. The van der Waals surface area contributed by atoms with Crippen molar-refractivity contribution in [2.45, 2.75) is 33.1 Å². The molecule has 1 amide bonds. The summed E-state index contributed by atoms with van der Waals surface area (Å²) in [4.78, 5) is 26.1. The molecule has 0 spiro atoms. The number of aryl methyl sites for hydroxylation is 1. The molecule has 0 saturated heterocycles. The monoisotopic (exact) mass is 444 g/mol. The Bertz CT molecular complexity index is 1250. The van der Waals surface area contributed by atoms with E-state index in [-0.39, 0.29) is 17.6 Å². The first kappa shape index (κ1) is 22.3. The lowest BCUT2D eigenvalue weighted by molar-refractivity contribution is 0.0952. The fraction of sp³-hybridized carbons (Fsp3) is 0.240. The van der Waals surface area contributed by atoms with Crippen molar-refractivity contribution in [2.24, 2.45) is 0 Å². The van der Waals surface area contributed by atoms with Crippen LogP contribution in [0.5, 0.6) is 0 Å². The molecule has 0 fully saturated rings. The second kappa shape index (κ2) is 9.68. The molecule has 0 unspecified atom stereocenters. The lowest BCUT2D eigenvalue weighted by Gasteiger charge is -2.13. The maximum atomic E-state index is 13.4. The molecule has 0 aliphatic rings.